The summed E-state index contributed by atoms with van der Waals surface area (Å²) in [5.74, 6) is 0. The van der Waals surface area contributed by atoms with E-state index in [-0.39, 0.29) is 12.8 Å². The second-order valence-electron chi connectivity index (χ2n) is 14.8. The second-order valence-corrected chi connectivity index (χ2v) is 14.8. The van der Waals surface area contributed by atoms with Gasteiger partial charge in [-0.05, 0) is 20.3 Å². The summed E-state index contributed by atoms with van der Waals surface area (Å²) in [6, 6.07) is 0. The molecule has 0 radical (unpaired) electrons. The molecular weight excluding hydrogens is 566 g/mol. The molecule has 0 aromatic carbocycles. The molecule has 0 aromatic heterocycles. The van der Waals surface area contributed by atoms with Crippen molar-refractivity contribution in [2.24, 2.45) is 0 Å². The van der Waals surface area contributed by atoms with Crippen LogP contribution < -0.4 is 0 Å². The average Bonchev–Trinajstić information content (AvgIpc) is 3.04. The van der Waals surface area contributed by atoms with Crippen LogP contribution in [0.2, 0.25) is 0 Å². The van der Waals surface area contributed by atoms with E-state index in [0.717, 1.165) is 13.0 Å². The summed E-state index contributed by atoms with van der Waals surface area (Å²) in [4.78, 5) is 2.12. The van der Waals surface area contributed by atoms with Crippen LogP contribution in [-0.4, -0.2) is 47.3 Å². The maximum atomic E-state index is 9.42. The maximum absolute atomic E-state index is 9.42. The minimum atomic E-state index is -0.765. The predicted molar refractivity (Wildman–Crippen MR) is 204 cm³/mol. The van der Waals surface area contributed by atoms with Gasteiger partial charge in [0, 0.05) is 13.1 Å². The molecule has 2 atom stereocenters. The molecule has 2 N–H and O–H groups in total. The number of unbranched alkanes of at least 4 members (excludes halogenated alkanes) is 33. The summed E-state index contributed by atoms with van der Waals surface area (Å²) in [5, 5.41) is 18.7. The average molecular weight is 654 g/mol. The Morgan fingerprint density at radius 1 is 0.391 bits per heavy atom. The standard InChI is InChI=1S/C42H87NO3/c1-4-5-6-7-8-9-10-11-12-13-14-15-16-17-18-19-20-21-22-23-24-25-26-27-28-29-30-31-32-33-34-35-36-37-38-43(39-40-44)41(2)46-42(3)45/h41-42,44-45H,4-40H2,1-3H3. The quantitative estimate of drug-likeness (QED) is 0.0510. The molecule has 0 amide bonds. The smallest absolute Gasteiger partial charge is 0.153 e. The van der Waals surface area contributed by atoms with E-state index in [2.05, 4.69) is 11.8 Å². The lowest BCUT2D eigenvalue weighted by Gasteiger charge is -2.29. The number of aliphatic hydroxyl groups excluding tert-OH is 2. The SMILES string of the molecule is CCCCCCCCCCCCCCCCCCCCCCCCCCCCCCCCCCCCN(CCO)C(C)OC(C)O. The Balaban J connectivity index is 3.19. The van der Waals surface area contributed by atoms with Gasteiger partial charge in [-0.25, -0.2) is 0 Å². The van der Waals surface area contributed by atoms with E-state index >= 15 is 0 Å². The first-order valence-electron chi connectivity index (χ1n) is 21.3. The number of aliphatic hydroxyl groups is 2. The van der Waals surface area contributed by atoms with Gasteiger partial charge in [0.2, 0.25) is 0 Å². The van der Waals surface area contributed by atoms with Crippen LogP contribution in [0.4, 0.5) is 0 Å². The number of hydrogen-bond acceptors (Lipinski definition) is 4. The second kappa shape index (κ2) is 39.3. The summed E-state index contributed by atoms with van der Waals surface area (Å²) >= 11 is 0. The molecule has 0 saturated heterocycles. The van der Waals surface area contributed by atoms with Crippen molar-refractivity contribution in [3.05, 3.63) is 0 Å². The van der Waals surface area contributed by atoms with Crippen LogP contribution in [0.15, 0.2) is 0 Å². The molecule has 2 unspecified atom stereocenters. The highest BCUT2D eigenvalue weighted by Gasteiger charge is 2.15. The zero-order valence-electron chi connectivity index (χ0n) is 32.1. The van der Waals surface area contributed by atoms with Crippen molar-refractivity contribution < 1.29 is 14.9 Å². The van der Waals surface area contributed by atoms with Crippen LogP contribution in [0.3, 0.4) is 0 Å². The molecule has 0 spiro atoms. The molecule has 0 aliphatic carbocycles. The van der Waals surface area contributed by atoms with Gasteiger partial charge in [0.25, 0.3) is 0 Å². The Morgan fingerprint density at radius 3 is 0.848 bits per heavy atom. The van der Waals surface area contributed by atoms with E-state index in [1.165, 1.54) is 212 Å². The lowest BCUT2D eigenvalue weighted by Crippen LogP contribution is -2.39. The maximum Gasteiger partial charge on any atom is 0.153 e. The Labute approximate surface area is 290 Å². The molecule has 4 heteroatoms. The third-order valence-corrected chi connectivity index (χ3v) is 10.1. The van der Waals surface area contributed by atoms with Gasteiger partial charge >= 0.3 is 0 Å². The van der Waals surface area contributed by atoms with E-state index in [1.807, 2.05) is 6.92 Å². The molecule has 0 aromatic rings. The van der Waals surface area contributed by atoms with Crippen molar-refractivity contribution in [2.75, 3.05) is 19.7 Å². The molecule has 0 fully saturated rings. The van der Waals surface area contributed by atoms with Crippen molar-refractivity contribution in [3.8, 4) is 0 Å². The minimum absolute atomic E-state index is 0.132. The minimum Gasteiger partial charge on any atom is -0.395 e. The Morgan fingerprint density at radius 2 is 0.630 bits per heavy atom. The summed E-state index contributed by atoms with van der Waals surface area (Å²) < 4.78 is 5.46. The molecule has 0 aliphatic heterocycles. The summed E-state index contributed by atoms with van der Waals surface area (Å²) in [7, 11) is 0. The van der Waals surface area contributed by atoms with E-state index in [9.17, 15) is 10.2 Å². The fraction of sp³-hybridized carbons (Fsp3) is 1.00. The molecule has 0 bridgehead atoms. The zero-order chi connectivity index (χ0) is 33.6. The van der Waals surface area contributed by atoms with Gasteiger partial charge in [0.05, 0.1) is 6.61 Å². The van der Waals surface area contributed by atoms with Crippen LogP contribution >= 0.6 is 0 Å². The van der Waals surface area contributed by atoms with Crippen LogP contribution in [0.25, 0.3) is 0 Å². The fourth-order valence-corrected chi connectivity index (χ4v) is 7.02. The van der Waals surface area contributed by atoms with Crippen molar-refractivity contribution in [1.82, 2.24) is 4.90 Å². The Hall–Kier alpha value is -0.160. The topological polar surface area (TPSA) is 52.9 Å². The monoisotopic (exact) mass is 654 g/mol. The highest BCUT2D eigenvalue weighted by molar-refractivity contribution is 4.61. The van der Waals surface area contributed by atoms with Gasteiger partial charge in [-0.3, -0.25) is 4.90 Å². The molecule has 278 valence electrons. The number of hydrogen-bond donors (Lipinski definition) is 2. The molecule has 0 heterocycles. The zero-order valence-corrected chi connectivity index (χ0v) is 32.1. The first kappa shape index (κ1) is 45.8. The Bertz CT molecular complexity index is 543. The van der Waals surface area contributed by atoms with Crippen molar-refractivity contribution in [1.29, 1.82) is 0 Å². The third kappa shape index (κ3) is 36.7. The van der Waals surface area contributed by atoms with Gasteiger partial charge in [0.15, 0.2) is 6.29 Å². The largest absolute Gasteiger partial charge is 0.395 e. The van der Waals surface area contributed by atoms with Gasteiger partial charge in [-0.15, -0.1) is 0 Å². The normalized spacial score (nSPS) is 13.2. The Kier molecular flexibility index (Phi) is 39.1. The van der Waals surface area contributed by atoms with Gasteiger partial charge in [-0.1, -0.05) is 219 Å². The van der Waals surface area contributed by atoms with Crippen LogP contribution in [-0.2, 0) is 4.74 Å². The summed E-state index contributed by atoms with van der Waals surface area (Å²) in [5.41, 5.74) is 0. The van der Waals surface area contributed by atoms with Gasteiger partial charge < -0.3 is 14.9 Å². The van der Waals surface area contributed by atoms with Crippen LogP contribution in [0.5, 0.6) is 0 Å². The summed E-state index contributed by atoms with van der Waals surface area (Å²) in [6.07, 6.45) is 47.8. The van der Waals surface area contributed by atoms with Crippen molar-refractivity contribution in [3.63, 3.8) is 0 Å². The van der Waals surface area contributed by atoms with E-state index in [1.54, 1.807) is 6.92 Å². The summed E-state index contributed by atoms with van der Waals surface area (Å²) in [6.45, 7) is 7.55. The predicted octanol–water partition coefficient (Wildman–Crippen LogP) is 13.3. The molecule has 0 saturated carbocycles. The molecule has 4 nitrogen and oxygen atoms in total. The first-order valence-corrected chi connectivity index (χ1v) is 21.3. The van der Waals surface area contributed by atoms with Gasteiger partial charge in [-0.2, -0.15) is 0 Å². The van der Waals surface area contributed by atoms with E-state index in [0.29, 0.717) is 6.54 Å². The van der Waals surface area contributed by atoms with Crippen LogP contribution in [0, 0.1) is 0 Å². The fourth-order valence-electron chi connectivity index (χ4n) is 7.02. The van der Waals surface area contributed by atoms with E-state index in [4.69, 9.17) is 4.74 Å². The number of ether oxygens (including phenoxy) is 1. The highest BCUT2D eigenvalue weighted by atomic mass is 16.6. The molecular formula is C42H87NO3. The first-order chi connectivity index (χ1) is 22.6. The highest BCUT2D eigenvalue weighted by Crippen LogP contribution is 2.17. The van der Waals surface area contributed by atoms with Crippen LogP contribution in [0.1, 0.15) is 239 Å². The third-order valence-electron chi connectivity index (χ3n) is 10.1. The van der Waals surface area contributed by atoms with Crippen molar-refractivity contribution >= 4 is 0 Å². The molecule has 0 rings (SSSR count). The molecule has 46 heavy (non-hydrogen) atoms. The van der Waals surface area contributed by atoms with Crippen molar-refractivity contribution in [2.45, 2.75) is 252 Å². The number of rotatable bonds is 40. The molecule has 0 aliphatic rings. The number of nitrogens with zero attached hydrogens (tertiary/aromatic N) is 1. The lowest BCUT2D eigenvalue weighted by atomic mass is 10.0. The lowest BCUT2D eigenvalue weighted by molar-refractivity contribution is -0.167. The van der Waals surface area contributed by atoms with E-state index < -0.39 is 6.29 Å². The van der Waals surface area contributed by atoms with Gasteiger partial charge in [0.1, 0.15) is 6.23 Å².